The van der Waals surface area contributed by atoms with Crippen LogP contribution in [0.25, 0.3) is 11.4 Å². The smallest absolute Gasteiger partial charge is 0.232 e. The van der Waals surface area contributed by atoms with Crippen LogP contribution in [0.4, 0.5) is 0 Å². The molecule has 164 valence electrons. The number of ether oxygens (including phenoxy) is 2. The average Bonchev–Trinajstić information content (AvgIpc) is 2.86. The van der Waals surface area contributed by atoms with E-state index in [1.807, 2.05) is 53.4 Å². The van der Waals surface area contributed by atoms with Crippen molar-refractivity contribution in [1.82, 2.24) is 14.9 Å². The summed E-state index contributed by atoms with van der Waals surface area (Å²) in [5, 5.41) is 0.799. The maximum atomic E-state index is 12.8. The summed E-state index contributed by atoms with van der Waals surface area (Å²) in [5.41, 5.74) is 2.85. The number of carbonyl (C=O) groups excluding carboxylic acids is 1. The number of methoxy groups -OCH3 is 1. The highest BCUT2D eigenvalue weighted by Crippen LogP contribution is 2.44. The van der Waals surface area contributed by atoms with E-state index >= 15 is 0 Å². The van der Waals surface area contributed by atoms with Crippen molar-refractivity contribution in [3.8, 4) is 28.8 Å². The first kappa shape index (κ1) is 20.8. The van der Waals surface area contributed by atoms with E-state index in [0.29, 0.717) is 35.4 Å². The molecule has 2 aliphatic rings. The lowest BCUT2D eigenvalue weighted by atomic mass is 10.0. The Morgan fingerprint density at radius 1 is 1.06 bits per heavy atom. The van der Waals surface area contributed by atoms with Gasteiger partial charge in [0.1, 0.15) is 5.03 Å². The third-order valence-electron chi connectivity index (χ3n) is 5.85. The molecule has 0 radical (unpaired) electrons. The standard InChI is InChI=1S/C25H25N3O3S/c1-30-20-12-8-11-18-15-19-24(31-22(18)20)26-23(17-9-4-2-5-10-17)27-25(19)32-16-21(29)28-13-6-3-7-14-28/h2,4-5,8-12H,3,6-7,13-16H2,1H3. The monoisotopic (exact) mass is 447 g/mol. The fourth-order valence-electron chi connectivity index (χ4n) is 4.14. The van der Waals surface area contributed by atoms with Gasteiger partial charge in [-0.2, -0.15) is 4.98 Å². The first-order valence-electron chi connectivity index (χ1n) is 10.9. The van der Waals surface area contributed by atoms with Crippen molar-refractivity contribution in [3.63, 3.8) is 0 Å². The van der Waals surface area contributed by atoms with Crippen molar-refractivity contribution in [1.29, 1.82) is 0 Å². The minimum absolute atomic E-state index is 0.169. The molecule has 1 saturated heterocycles. The summed E-state index contributed by atoms with van der Waals surface area (Å²) in [5.74, 6) is 3.03. The van der Waals surface area contributed by atoms with Crippen LogP contribution < -0.4 is 9.47 Å². The number of carbonyl (C=O) groups is 1. The summed E-state index contributed by atoms with van der Waals surface area (Å²) in [6, 6.07) is 15.7. The minimum atomic E-state index is 0.169. The Balaban J connectivity index is 1.49. The number of benzene rings is 2. The fraction of sp³-hybridized carbons (Fsp3) is 0.320. The zero-order valence-electron chi connectivity index (χ0n) is 18.0. The quantitative estimate of drug-likeness (QED) is 0.318. The molecule has 7 heteroatoms. The summed E-state index contributed by atoms with van der Waals surface area (Å²) in [6.07, 6.45) is 4.02. The number of piperidine rings is 1. The molecule has 0 bridgehead atoms. The molecule has 0 saturated carbocycles. The molecule has 0 unspecified atom stereocenters. The number of likely N-dealkylation sites (tertiary alicyclic amines) is 1. The van der Waals surface area contributed by atoms with Gasteiger partial charge in [0.05, 0.1) is 18.4 Å². The highest BCUT2D eigenvalue weighted by molar-refractivity contribution is 7.99. The Bertz CT molecular complexity index is 1130. The van der Waals surface area contributed by atoms with Crippen molar-refractivity contribution in [2.75, 3.05) is 26.0 Å². The van der Waals surface area contributed by atoms with Gasteiger partial charge in [0.2, 0.25) is 11.8 Å². The molecule has 2 aliphatic heterocycles. The maximum absolute atomic E-state index is 12.8. The molecule has 3 aromatic rings. The van der Waals surface area contributed by atoms with Gasteiger partial charge in [0.15, 0.2) is 17.3 Å². The van der Waals surface area contributed by atoms with Crippen LogP contribution in [-0.4, -0.2) is 46.7 Å². The normalized spacial score (nSPS) is 14.8. The molecule has 0 aliphatic carbocycles. The Labute approximate surface area is 192 Å². The van der Waals surface area contributed by atoms with Crippen molar-refractivity contribution in [2.24, 2.45) is 0 Å². The van der Waals surface area contributed by atoms with Gasteiger partial charge in [-0.3, -0.25) is 4.79 Å². The Hall–Kier alpha value is -3.06. The van der Waals surface area contributed by atoms with E-state index in [1.165, 1.54) is 18.2 Å². The lowest BCUT2D eigenvalue weighted by Gasteiger charge is -2.27. The number of para-hydroxylation sites is 1. The van der Waals surface area contributed by atoms with E-state index in [9.17, 15) is 4.79 Å². The second kappa shape index (κ2) is 9.20. The van der Waals surface area contributed by atoms with Crippen molar-refractivity contribution >= 4 is 17.7 Å². The molecular formula is C25H25N3O3S. The van der Waals surface area contributed by atoms with Gasteiger partial charge >= 0.3 is 0 Å². The highest BCUT2D eigenvalue weighted by Gasteiger charge is 2.27. The Kier molecular flexibility index (Phi) is 5.99. The predicted octanol–water partition coefficient (Wildman–Crippen LogP) is 4.95. The van der Waals surface area contributed by atoms with E-state index in [0.717, 1.165) is 47.6 Å². The van der Waals surface area contributed by atoms with Gasteiger partial charge in [-0.15, -0.1) is 0 Å². The molecule has 6 nitrogen and oxygen atoms in total. The molecule has 0 N–H and O–H groups in total. The number of hydrogen-bond acceptors (Lipinski definition) is 6. The molecule has 1 fully saturated rings. The SMILES string of the molecule is COc1cccc2c1Oc1nc(-c3ccccc3)nc(SCC(=O)N3CCCCC3)c1C2. The van der Waals surface area contributed by atoms with Crippen LogP contribution in [0.15, 0.2) is 53.6 Å². The van der Waals surface area contributed by atoms with Crippen LogP contribution in [-0.2, 0) is 11.2 Å². The third-order valence-corrected chi connectivity index (χ3v) is 6.85. The lowest BCUT2D eigenvalue weighted by Crippen LogP contribution is -2.36. The van der Waals surface area contributed by atoms with Crippen LogP contribution in [0.1, 0.15) is 30.4 Å². The topological polar surface area (TPSA) is 64.5 Å². The second-order valence-corrected chi connectivity index (χ2v) is 8.92. The third kappa shape index (κ3) is 4.17. The van der Waals surface area contributed by atoms with Crippen LogP contribution in [0, 0.1) is 0 Å². The average molecular weight is 448 g/mol. The summed E-state index contributed by atoms with van der Waals surface area (Å²) >= 11 is 1.48. The lowest BCUT2D eigenvalue weighted by molar-refractivity contribution is -0.129. The Morgan fingerprint density at radius 3 is 2.66 bits per heavy atom. The summed E-state index contributed by atoms with van der Waals surface area (Å²) in [7, 11) is 1.64. The number of nitrogens with zero attached hydrogens (tertiary/aromatic N) is 3. The van der Waals surface area contributed by atoms with E-state index in [4.69, 9.17) is 19.4 Å². The van der Waals surface area contributed by atoms with Gasteiger partial charge in [-0.1, -0.05) is 54.2 Å². The summed E-state index contributed by atoms with van der Waals surface area (Å²) in [6.45, 7) is 1.71. The molecule has 0 spiro atoms. The zero-order chi connectivity index (χ0) is 21.9. The van der Waals surface area contributed by atoms with Crippen LogP contribution >= 0.6 is 11.8 Å². The van der Waals surface area contributed by atoms with Crippen molar-refractivity contribution in [2.45, 2.75) is 30.7 Å². The van der Waals surface area contributed by atoms with Gasteiger partial charge in [0, 0.05) is 30.6 Å². The number of fused-ring (bicyclic) bond motifs is 2. The molecule has 3 heterocycles. The Morgan fingerprint density at radius 2 is 1.88 bits per heavy atom. The summed E-state index contributed by atoms with van der Waals surface area (Å²) in [4.78, 5) is 24.4. The van der Waals surface area contributed by atoms with Gasteiger partial charge in [0.25, 0.3) is 0 Å². The van der Waals surface area contributed by atoms with Gasteiger partial charge in [-0.25, -0.2) is 4.98 Å². The number of thioether (sulfide) groups is 1. The van der Waals surface area contributed by atoms with Gasteiger partial charge in [-0.05, 0) is 25.3 Å². The number of hydrogen-bond donors (Lipinski definition) is 0. The predicted molar refractivity (Wildman–Crippen MR) is 124 cm³/mol. The zero-order valence-corrected chi connectivity index (χ0v) is 18.9. The number of rotatable bonds is 5. The van der Waals surface area contributed by atoms with E-state index in [2.05, 4.69) is 0 Å². The molecular weight excluding hydrogens is 422 g/mol. The van der Waals surface area contributed by atoms with Crippen molar-refractivity contribution in [3.05, 3.63) is 59.7 Å². The first-order chi connectivity index (χ1) is 15.7. The van der Waals surface area contributed by atoms with Crippen LogP contribution in [0.2, 0.25) is 0 Å². The fourth-order valence-corrected chi connectivity index (χ4v) is 5.07. The molecule has 1 amide bonds. The first-order valence-corrected chi connectivity index (χ1v) is 11.9. The van der Waals surface area contributed by atoms with E-state index in [-0.39, 0.29) is 5.91 Å². The second-order valence-electron chi connectivity index (χ2n) is 7.96. The maximum Gasteiger partial charge on any atom is 0.232 e. The number of amides is 1. The van der Waals surface area contributed by atoms with Crippen LogP contribution in [0.3, 0.4) is 0 Å². The molecule has 5 rings (SSSR count). The largest absolute Gasteiger partial charge is 0.493 e. The van der Waals surface area contributed by atoms with E-state index < -0.39 is 0 Å². The number of aromatic nitrogens is 2. The molecule has 1 aromatic heterocycles. The molecule has 0 atom stereocenters. The summed E-state index contributed by atoms with van der Waals surface area (Å²) < 4.78 is 11.7. The molecule has 2 aromatic carbocycles. The minimum Gasteiger partial charge on any atom is -0.493 e. The van der Waals surface area contributed by atoms with E-state index in [1.54, 1.807) is 7.11 Å². The highest BCUT2D eigenvalue weighted by atomic mass is 32.2. The van der Waals surface area contributed by atoms with Crippen LogP contribution in [0.5, 0.6) is 17.4 Å². The van der Waals surface area contributed by atoms with Crippen molar-refractivity contribution < 1.29 is 14.3 Å². The molecule has 32 heavy (non-hydrogen) atoms. The van der Waals surface area contributed by atoms with Gasteiger partial charge < -0.3 is 14.4 Å².